The quantitative estimate of drug-likeness (QED) is 0.804. The number of aromatic nitrogens is 2. The third kappa shape index (κ3) is 2.56. The van der Waals surface area contributed by atoms with E-state index in [0.717, 1.165) is 33.0 Å². The highest BCUT2D eigenvalue weighted by Gasteiger charge is 2.11. The first-order valence-electron chi connectivity index (χ1n) is 5.32. The van der Waals surface area contributed by atoms with Crippen LogP contribution < -0.4 is 4.80 Å². The third-order valence-electron chi connectivity index (χ3n) is 2.38. The van der Waals surface area contributed by atoms with Gasteiger partial charge in [-0.2, -0.15) is 4.98 Å². The molecule has 0 radical (unpaired) electrons. The zero-order chi connectivity index (χ0) is 11.7. The van der Waals surface area contributed by atoms with Gasteiger partial charge in [0.05, 0.1) is 5.69 Å². The summed E-state index contributed by atoms with van der Waals surface area (Å²) in [5, 5.41) is 1.82. The average Bonchev–Trinajstić information content (AvgIpc) is 2.74. The van der Waals surface area contributed by atoms with E-state index in [-0.39, 0.29) is 0 Å². The largest absolute Gasteiger partial charge is 0.273 e. The van der Waals surface area contributed by atoms with Crippen LogP contribution in [0.3, 0.4) is 0 Å². The number of nitrogens with zero attached hydrogens (tertiary/aromatic N) is 3. The summed E-state index contributed by atoms with van der Waals surface area (Å²) in [4.78, 5) is 9.83. The Balaban J connectivity index is 1.98. The topological polar surface area (TPSA) is 30.2 Å². The van der Waals surface area contributed by atoms with Crippen LogP contribution in [0.4, 0.5) is 5.69 Å². The van der Waals surface area contributed by atoms with Crippen molar-refractivity contribution in [2.24, 2.45) is 4.99 Å². The zero-order valence-corrected chi connectivity index (χ0v) is 11.4. The molecule has 0 bridgehead atoms. The molecule has 0 N–H and O–H groups in total. The number of hydrogen-bond acceptors (Lipinski definition) is 4. The van der Waals surface area contributed by atoms with Gasteiger partial charge in [0.1, 0.15) is 0 Å². The van der Waals surface area contributed by atoms with Gasteiger partial charge in [-0.1, -0.05) is 23.4 Å². The molecule has 1 aliphatic rings. The van der Waals surface area contributed by atoms with Gasteiger partial charge in [0, 0.05) is 17.3 Å². The molecule has 1 aromatic heterocycles. The molecule has 1 aliphatic heterocycles. The summed E-state index contributed by atoms with van der Waals surface area (Å²) in [6, 6.07) is 7.49. The summed E-state index contributed by atoms with van der Waals surface area (Å²) in [5.41, 5.74) is 0.895. The minimum atomic E-state index is 0.729. The first kappa shape index (κ1) is 11.3. The first-order chi connectivity index (χ1) is 8.31. The lowest BCUT2D eigenvalue weighted by Gasteiger charge is -2.09. The molecule has 3 nitrogen and oxygen atoms in total. The Morgan fingerprint density at radius 1 is 1.29 bits per heavy atom. The molecule has 0 unspecified atom stereocenters. The van der Waals surface area contributed by atoms with E-state index in [9.17, 15) is 0 Å². The molecule has 0 aliphatic carbocycles. The van der Waals surface area contributed by atoms with E-state index in [1.807, 2.05) is 24.3 Å². The van der Waals surface area contributed by atoms with Crippen molar-refractivity contribution < 1.29 is 0 Å². The summed E-state index contributed by atoms with van der Waals surface area (Å²) in [6.45, 7) is 1.07. The fourth-order valence-corrected chi connectivity index (χ4v) is 3.69. The highest BCUT2D eigenvalue weighted by molar-refractivity contribution is 7.99. The predicted molar refractivity (Wildman–Crippen MR) is 72.1 cm³/mol. The van der Waals surface area contributed by atoms with Crippen LogP contribution in [-0.4, -0.2) is 14.7 Å². The second-order valence-corrected chi connectivity index (χ2v) is 6.15. The van der Waals surface area contributed by atoms with Crippen LogP contribution in [0.2, 0.25) is 5.02 Å². The normalized spacial score (nSPS) is 15.9. The van der Waals surface area contributed by atoms with E-state index >= 15 is 0 Å². The minimum Gasteiger partial charge on any atom is -0.273 e. The fraction of sp³-hybridized carbons (Fsp3) is 0.273. The summed E-state index contributed by atoms with van der Waals surface area (Å²) >= 11 is 9.26. The van der Waals surface area contributed by atoms with Gasteiger partial charge in [-0.15, -0.1) is 0 Å². The molecule has 0 fully saturated rings. The van der Waals surface area contributed by atoms with Gasteiger partial charge >= 0.3 is 0 Å². The molecule has 0 spiro atoms. The van der Waals surface area contributed by atoms with E-state index < -0.39 is 0 Å². The Labute approximate surface area is 112 Å². The molecule has 88 valence electrons. The smallest absolute Gasteiger partial charge is 0.228 e. The van der Waals surface area contributed by atoms with Crippen molar-refractivity contribution in [3.05, 3.63) is 34.1 Å². The molecule has 0 saturated heterocycles. The molecule has 2 aromatic rings. The molecule has 0 saturated carbocycles. The minimum absolute atomic E-state index is 0.729. The van der Waals surface area contributed by atoms with Crippen molar-refractivity contribution in [1.82, 2.24) is 8.94 Å². The second-order valence-electron chi connectivity index (χ2n) is 3.66. The van der Waals surface area contributed by atoms with Crippen molar-refractivity contribution >= 4 is 40.6 Å². The molecule has 0 atom stereocenters. The number of benzene rings is 1. The van der Waals surface area contributed by atoms with Gasteiger partial charge in [-0.3, -0.25) is 3.96 Å². The highest BCUT2D eigenvalue weighted by Crippen LogP contribution is 2.23. The van der Waals surface area contributed by atoms with E-state index in [2.05, 4.69) is 13.9 Å². The third-order valence-corrected chi connectivity index (χ3v) is 4.74. The van der Waals surface area contributed by atoms with Crippen molar-refractivity contribution in [2.45, 2.75) is 18.1 Å². The van der Waals surface area contributed by atoms with Gasteiger partial charge in [-0.05, 0) is 42.2 Å². The Kier molecular flexibility index (Phi) is 3.22. The van der Waals surface area contributed by atoms with E-state index in [1.54, 1.807) is 23.3 Å². The number of hydrogen-bond donors (Lipinski definition) is 0. The van der Waals surface area contributed by atoms with Crippen LogP contribution in [0.1, 0.15) is 6.42 Å². The summed E-state index contributed by atoms with van der Waals surface area (Å²) < 4.78 is 2.21. The van der Waals surface area contributed by atoms with E-state index in [1.165, 1.54) is 6.42 Å². The lowest BCUT2D eigenvalue weighted by Crippen LogP contribution is -2.03. The molecular formula is C11H10ClN3S2. The molecule has 1 aromatic carbocycles. The Bertz CT molecular complexity index is 559. The van der Waals surface area contributed by atoms with Crippen LogP contribution in [0.15, 0.2) is 34.4 Å². The van der Waals surface area contributed by atoms with Crippen molar-refractivity contribution in [1.29, 1.82) is 0 Å². The standard InChI is InChI=1S/C11H10ClN3S2/c12-8-2-4-9(5-3-8)13-10-14-11-15(17-10)6-1-7-16-11/h2-5H,1,6-7H2. The zero-order valence-electron chi connectivity index (χ0n) is 8.97. The molecule has 0 amide bonds. The van der Waals surface area contributed by atoms with Crippen molar-refractivity contribution in [3.63, 3.8) is 0 Å². The van der Waals surface area contributed by atoms with Crippen LogP contribution in [0.5, 0.6) is 0 Å². The van der Waals surface area contributed by atoms with E-state index in [4.69, 9.17) is 11.6 Å². The van der Waals surface area contributed by atoms with Crippen LogP contribution >= 0.6 is 34.9 Å². The highest BCUT2D eigenvalue weighted by atomic mass is 35.5. The SMILES string of the molecule is Clc1ccc(N=c2nc3n(s2)CCCS3)cc1. The van der Waals surface area contributed by atoms with Crippen molar-refractivity contribution in [2.75, 3.05) is 5.75 Å². The maximum Gasteiger partial charge on any atom is 0.228 e. The lowest BCUT2D eigenvalue weighted by atomic mass is 10.3. The van der Waals surface area contributed by atoms with Crippen LogP contribution in [-0.2, 0) is 6.54 Å². The number of thioether (sulfide) groups is 1. The summed E-state index contributed by atoms with van der Waals surface area (Å²) in [6.07, 6.45) is 1.21. The van der Waals surface area contributed by atoms with E-state index in [0.29, 0.717) is 0 Å². The fourth-order valence-electron chi connectivity index (χ4n) is 1.58. The number of fused-ring (bicyclic) bond motifs is 1. The predicted octanol–water partition coefficient (Wildman–Crippen LogP) is 3.33. The average molecular weight is 284 g/mol. The first-order valence-corrected chi connectivity index (χ1v) is 7.46. The second kappa shape index (κ2) is 4.84. The Hall–Kier alpha value is -0.780. The molecule has 3 rings (SSSR count). The van der Waals surface area contributed by atoms with Gasteiger partial charge in [-0.25, -0.2) is 4.99 Å². The Morgan fingerprint density at radius 3 is 2.88 bits per heavy atom. The van der Waals surface area contributed by atoms with Gasteiger partial charge in [0.25, 0.3) is 0 Å². The molecule has 2 heterocycles. The Morgan fingerprint density at radius 2 is 2.12 bits per heavy atom. The van der Waals surface area contributed by atoms with Crippen LogP contribution in [0, 0.1) is 0 Å². The van der Waals surface area contributed by atoms with Gasteiger partial charge < -0.3 is 0 Å². The monoisotopic (exact) mass is 283 g/mol. The molecule has 17 heavy (non-hydrogen) atoms. The molecule has 6 heteroatoms. The lowest BCUT2D eigenvalue weighted by molar-refractivity contribution is 0.647. The number of halogens is 1. The van der Waals surface area contributed by atoms with Gasteiger partial charge in [0.15, 0.2) is 5.16 Å². The van der Waals surface area contributed by atoms with Crippen molar-refractivity contribution in [3.8, 4) is 0 Å². The maximum atomic E-state index is 5.84. The summed E-state index contributed by atoms with van der Waals surface area (Å²) in [7, 11) is 0. The number of rotatable bonds is 1. The molecular weight excluding hydrogens is 274 g/mol. The van der Waals surface area contributed by atoms with Gasteiger partial charge in [0.2, 0.25) is 4.80 Å². The van der Waals surface area contributed by atoms with Crippen LogP contribution in [0.25, 0.3) is 0 Å². The maximum absolute atomic E-state index is 5.84. The summed E-state index contributed by atoms with van der Waals surface area (Å²) in [5.74, 6) is 1.16. The number of aryl methyl sites for hydroxylation is 1.